The number of ether oxygens (including phenoxy) is 1. The number of nitrogens with one attached hydrogen (secondary N) is 1. The summed E-state index contributed by atoms with van der Waals surface area (Å²) in [7, 11) is 1.93. The van der Waals surface area contributed by atoms with Crippen LogP contribution in [0, 0.1) is 20.8 Å². The van der Waals surface area contributed by atoms with Crippen molar-refractivity contribution in [2.45, 2.75) is 27.2 Å². The van der Waals surface area contributed by atoms with Crippen molar-refractivity contribution in [3.63, 3.8) is 0 Å². The van der Waals surface area contributed by atoms with E-state index < -0.39 is 0 Å². The number of aryl methyl sites for hydroxylation is 3. The van der Waals surface area contributed by atoms with Crippen molar-refractivity contribution >= 4 is 11.7 Å². The van der Waals surface area contributed by atoms with Gasteiger partial charge in [-0.3, -0.25) is 9.69 Å². The summed E-state index contributed by atoms with van der Waals surface area (Å²) in [5.74, 6) is 1.50. The Morgan fingerprint density at radius 1 is 1.20 bits per heavy atom. The van der Waals surface area contributed by atoms with Crippen molar-refractivity contribution in [3.8, 4) is 5.75 Å². The van der Waals surface area contributed by atoms with E-state index in [2.05, 4.69) is 36.3 Å². The summed E-state index contributed by atoms with van der Waals surface area (Å²) >= 11 is 0. The first kappa shape index (κ1) is 18.9. The van der Waals surface area contributed by atoms with Gasteiger partial charge >= 0.3 is 0 Å². The lowest BCUT2D eigenvalue weighted by Crippen LogP contribution is -2.31. The van der Waals surface area contributed by atoms with Gasteiger partial charge in [-0.15, -0.1) is 0 Å². The Hall–Kier alpha value is -2.40. The van der Waals surface area contributed by atoms with Gasteiger partial charge < -0.3 is 10.1 Å². The van der Waals surface area contributed by atoms with Crippen LogP contribution in [-0.4, -0.2) is 42.5 Å². The number of amides is 1. The van der Waals surface area contributed by atoms with Crippen LogP contribution < -0.4 is 10.1 Å². The monoisotopic (exact) mass is 341 g/mol. The second kappa shape index (κ2) is 9.18. The van der Waals surface area contributed by atoms with Crippen LogP contribution in [0.25, 0.3) is 0 Å². The number of pyridine rings is 1. The molecule has 2 aromatic rings. The first-order chi connectivity index (χ1) is 12.0. The molecule has 0 saturated heterocycles. The maximum Gasteiger partial charge on any atom is 0.239 e. The van der Waals surface area contributed by atoms with E-state index in [1.807, 2.05) is 37.1 Å². The maximum atomic E-state index is 12.1. The highest BCUT2D eigenvalue weighted by Crippen LogP contribution is 2.22. The summed E-state index contributed by atoms with van der Waals surface area (Å²) < 4.78 is 5.89. The highest BCUT2D eigenvalue weighted by atomic mass is 16.5. The summed E-state index contributed by atoms with van der Waals surface area (Å²) in [5.41, 5.74) is 3.37. The minimum atomic E-state index is -0.0590. The second-order valence-electron chi connectivity index (χ2n) is 6.43. The summed E-state index contributed by atoms with van der Waals surface area (Å²) in [6, 6.07) is 9.90. The smallest absolute Gasteiger partial charge is 0.239 e. The molecule has 1 aromatic heterocycles. The molecular weight excluding hydrogens is 314 g/mol. The van der Waals surface area contributed by atoms with Crippen molar-refractivity contribution in [3.05, 3.63) is 53.2 Å². The van der Waals surface area contributed by atoms with Crippen LogP contribution in [0.2, 0.25) is 0 Å². The summed E-state index contributed by atoms with van der Waals surface area (Å²) in [4.78, 5) is 18.2. The Morgan fingerprint density at radius 3 is 2.60 bits per heavy atom. The maximum absolute atomic E-state index is 12.1. The van der Waals surface area contributed by atoms with E-state index in [0.717, 1.165) is 35.4 Å². The van der Waals surface area contributed by atoms with Crippen molar-refractivity contribution in [2.75, 3.05) is 32.1 Å². The van der Waals surface area contributed by atoms with E-state index in [0.29, 0.717) is 19.0 Å². The van der Waals surface area contributed by atoms with Crippen molar-refractivity contribution in [2.24, 2.45) is 0 Å². The molecule has 1 heterocycles. The number of carbonyl (C=O) groups is 1. The number of anilines is 1. The van der Waals surface area contributed by atoms with Gasteiger partial charge in [0.25, 0.3) is 0 Å². The van der Waals surface area contributed by atoms with Crippen molar-refractivity contribution in [1.82, 2.24) is 9.88 Å². The minimum absolute atomic E-state index is 0.0590. The van der Waals surface area contributed by atoms with Crippen LogP contribution in [0.4, 0.5) is 5.82 Å². The zero-order valence-electron chi connectivity index (χ0n) is 15.5. The van der Waals surface area contributed by atoms with Crippen LogP contribution in [0.1, 0.15) is 23.1 Å². The summed E-state index contributed by atoms with van der Waals surface area (Å²) in [5, 5.41) is 2.82. The lowest BCUT2D eigenvalue weighted by Gasteiger charge is -2.17. The Labute approximate surface area is 150 Å². The third-order valence-corrected chi connectivity index (χ3v) is 3.94. The normalized spacial score (nSPS) is 10.8. The molecular formula is C20H27N3O2. The number of likely N-dealkylation sites (N-methyl/N-ethyl adjacent to an activating group) is 1. The number of nitrogens with zero attached hydrogens (tertiary/aromatic N) is 2. The molecule has 1 N–H and O–H groups in total. The topological polar surface area (TPSA) is 54.5 Å². The molecule has 1 amide bonds. The molecule has 0 atom stereocenters. The molecule has 5 nitrogen and oxygen atoms in total. The zero-order valence-corrected chi connectivity index (χ0v) is 15.5. The van der Waals surface area contributed by atoms with Gasteiger partial charge in [0.15, 0.2) is 0 Å². The first-order valence-corrected chi connectivity index (χ1v) is 8.56. The van der Waals surface area contributed by atoms with Gasteiger partial charge in [-0.1, -0.05) is 18.2 Å². The number of hydrogen-bond acceptors (Lipinski definition) is 4. The molecule has 25 heavy (non-hydrogen) atoms. The number of rotatable bonds is 8. The van der Waals surface area contributed by atoms with Crippen LogP contribution in [-0.2, 0) is 4.79 Å². The number of benzene rings is 1. The molecule has 0 aliphatic rings. The zero-order chi connectivity index (χ0) is 18.2. The van der Waals surface area contributed by atoms with Gasteiger partial charge in [0.05, 0.1) is 13.2 Å². The molecule has 2 rings (SSSR count). The van der Waals surface area contributed by atoms with Gasteiger partial charge in [0.1, 0.15) is 11.6 Å². The fourth-order valence-corrected chi connectivity index (χ4v) is 2.65. The van der Waals surface area contributed by atoms with Crippen LogP contribution >= 0.6 is 0 Å². The quantitative estimate of drug-likeness (QED) is 0.748. The number of carbonyl (C=O) groups excluding carboxylic acids is 1. The van der Waals surface area contributed by atoms with E-state index in [9.17, 15) is 4.79 Å². The van der Waals surface area contributed by atoms with Gasteiger partial charge in [-0.05, 0) is 63.1 Å². The highest BCUT2D eigenvalue weighted by Gasteiger charge is 2.08. The molecule has 0 bridgehead atoms. The molecule has 0 fully saturated rings. The Bertz CT molecular complexity index is 696. The molecule has 0 spiro atoms. The predicted octanol–water partition coefficient (Wildman–Crippen LogP) is 3.35. The first-order valence-electron chi connectivity index (χ1n) is 8.56. The van der Waals surface area contributed by atoms with Gasteiger partial charge in [-0.25, -0.2) is 4.98 Å². The number of hydrogen-bond donors (Lipinski definition) is 1. The third kappa shape index (κ3) is 6.19. The molecule has 0 radical (unpaired) electrons. The van der Waals surface area contributed by atoms with Crippen LogP contribution in [0.5, 0.6) is 5.75 Å². The number of para-hydroxylation sites is 1. The average Bonchev–Trinajstić information content (AvgIpc) is 2.53. The van der Waals surface area contributed by atoms with Crippen molar-refractivity contribution < 1.29 is 9.53 Å². The highest BCUT2D eigenvalue weighted by molar-refractivity contribution is 5.91. The fraction of sp³-hybridized carbons (Fsp3) is 0.400. The average molecular weight is 341 g/mol. The largest absolute Gasteiger partial charge is 0.493 e. The van der Waals surface area contributed by atoms with E-state index in [1.54, 1.807) is 6.20 Å². The minimum Gasteiger partial charge on any atom is -0.493 e. The van der Waals surface area contributed by atoms with E-state index in [1.165, 1.54) is 0 Å². The van der Waals surface area contributed by atoms with Crippen molar-refractivity contribution in [1.29, 1.82) is 0 Å². The van der Waals surface area contributed by atoms with Crippen LogP contribution in [0.3, 0.4) is 0 Å². The standard InChI is InChI=1S/C20H27N3O2/c1-15-9-10-21-18(13-15)22-19(24)14-23(4)11-6-12-25-20-16(2)7-5-8-17(20)3/h5,7-10,13H,6,11-12,14H2,1-4H3,(H,21,22,24). The lowest BCUT2D eigenvalue weighted by molar-refractivity contribution is -0.117. The van der Waals surface area contributed by atoms with Gasteiger partial charge in [0, 0.05) is 12.7 Å². The molecule has 0 aliphatic carbocycles. The molecule has 134 valence electrons. The third-order valence-electron chi connectivity index (χ3n) is 3.94. The van der Waals surface area contributed by atoms with Gasteiger partial charge in [-0.2, -0.15) is 0 Å². The number of aromatic nitrogens is 1. The lowest BCUT2D eigenvalue weighted by atomic mass is 10.1. The molecule has 0 saturated carbocycles. The Balaban J connectivity index is 1.70. The second-order valence-corrected chi connectivity index (χ2v) is 6.43. The van der Waals surface area contributed by atoms with Gasteiger partial charge in [0.2, 0.25) is 5.91 Å². The SMILES string of the molecule is Cc1ccnc(NC(=O)CN(C)CCCOc2c(C)cccc2C)c1. The van der Waals surface area contributed by atoms with E-state index in [4.69, 9.17) is 4.74 Å². The fourth-order valence-electron chi connectivity index (χ4n) is 2.65. The Morgan fingerprint density at radius 2 is 1.92 bits per heavy atom. The van der Waals surface area contributed by atoms with Crippen LogP contribution in [0.15, 0.2) is 36.5 Å². The molecule has 0 unspecified atom stereocenters. The van der Waals surface area contributed by atoms with E-state index >= 15 is 0 Å². The predicted molar refractivity (Wildman–Crippen MR) is 101 cm³/mol. The molecule has 0 aliphatic heterocycles. The van der Waals surface area contributed by atoms with E-state index in [-0.39, 0.29) is 5.91 Å². The summed E-state index contributed by atoms with van der Waals surface area (Å²) in [6.07, 6.45) is 2.56. The molecule has 1 aromatic carbocycles. The Kier molecular flexibility index (Phi) is 6.95. The summed E-state index contributed by atoms with van der Waals surface area (Å²) in [6.45, 7) is 7.84. The molecule has 5 heteroatoms.